The number of rotatable bonds is 0. The fraction of sp³-hybridized carbons (Fsp3) is 0.333. The number of aromatic amines is 1. The van der Waals surface area contributed by atoms with Gasteiger partial charge in [0, 0.05) is 25.8 Å². The summed E-state index contributed by atoms with van der Waals surface area (Å²) in [7, 11) is -3.67. The Kier molecular flexibility index (Phi) is 5.44. The minimum atomic E-state index is -3.67. The highest BCUT2D eigenvalue weighted by Gasteiger charge is 2.39. The number of ketones is 1. The van der Waals surface area contributed by atoms with Crippen LogP contribution in [0.15, 0.2) is 28.7 Å². The molecule has 0 atom stereocenters. The Hall–Kier alpha value is -2.38. The van der Waals surface area contributed by atoms with Gasteiger partial charge < -0.3 is 9.12 Å². The molecule has 2 heterocycles. The number of Topliss-reactive ketones (excluding diaryl/α,β-unsaturated/α-hetero) is 1. The summed E-state index contributed by atoms with van der Waals surface area (Å²) in [6.07, 6.45) is 1.39. The van der Waals surface area contributed by atoms with Crippen molar-refractivity contribution >= 4 is 24.2 Å². The summed E-state index contributed by atoms with van der Waals surface area (Å²) in [5, 5.41) is 1.11. The van der Waals surface area contributed by atoms with Gasteiger partial charge in [-0.1, -0.05) is 26.0 Å². The van der Waals surface area contributed by atoms with E-state index in [1.54, 1.807) is 0 Å². The van der Waals surface area contributed by atoms with E-state index in [1.165, 1.54) is 0 Å². The molecule has 26 heavy (non-hydrogen) atoms. The fourth-order valence-electron chi connectivity index (χ4n) is 3.53. The molecule has 1 aromatic rings. The van der Waals surface area contributed by atoms with E-state index >= 15 is 0 Å². The second-order valence-corrected chi connectivity index (χ2v) is 7.07. The number of H-pyrrole nitrogens is 1. The molecule has 1 aliphatic carbocycles. The Labute approximate surface area is 148 Å². The Morgan fingerprint density at radius 1 is 1.12 bits per heavy atom. The summed E-state index contributed by atoms with van der Waals surface area (Å²) in [6, 6.07) is 8.12. The molecule has 0 bridgehead atoms. The van der Waals surface area contributed by atoms with Gasteiger partial charge in [0.2, 0.25) is 5.52 Å². The molecule has 0 aromatic heterocycles. The van der Waals surface area contributed by atoms with Crippen molar-refractivity contribution in [3.8, 4) is 11.3 Å². The van der Waals surface area contributed by atoms with Gasteiger partial charge in [-0.3, -0.25) is 17.7 Å². The monoisotopic (exact) mass is 367 g/mol. The number of hydrogen-bond acceptors (Lipinski definition) is 2. The van der Waals surface area contributed by atoms with Crippen LogP contribution >= 0.6 is 0 Å². The van der Waals surface area contributed by atoms with Crippen LogP contribution in [0.25, 0.3) is 22.2 Å². The van der Waals surface area contributed by atoms with E-state index in [2.05, 4.69) is 24.9 Å². The third-order valence-corrected chi connectivity index (χ3v) is 4.42. The van der Waals surface area contributed by atoms with E-state index in [1.807, 2.05) is 25.1 Å². The van der Waals surface area contributed by atoms with Gasteiger partial charge in [0.25, 0.3) is 5.69 Å². The molecule has 2 aliphatic heterocycles. The van der Waals surface area contributed by atoms with Crippen LogP contribution in [0.2, 0.25) is 0 Å². The van der Waals surface area contributed by atoms with Crippen LogP contribution in [-0.4, -0.2) is 13.3 Å². The first-order valence-electron chi connectivity index (χ1n) is 8.01. The second kappa shape index (κ2) is 7.09. The maximum absolute atomic E-state index is 12.7. The zero-order valence-corrected chi connectivity index (χ0v) is 14.6. The van der Waals surface area contributed by atoms with Gasteiger partial charge in [-0.15, -0.1) is 0 Å². The van der Waals surface area contributed by atoms with E-state index in [9.17, 15) is 17.7 Å². The minimum Gasteiger partial charge on any atom is -1.00 e. The predicted octanol–water partition coefficient (Wildman–Crippen LogP) is 1.70. The molecule has 4 rings (SSSR count). The van der Waals surface area contributed by atoms with Crippen molar-refractivity contribution in [3.05, 3.63) is 41.3 Å². The van der Waals surface area contributed by atoms with E-state index in [0.29, 0.717) is 6.42 Å². The minimum absolute atomic E-state index is 0. The Balaban J connectivity index is 0.000000444. The number of nitrogens with one attached hydrogen (secondary N) is 1. The first kappa shape index (κ1) is 19.9. The fourth-order valence-corrected chi connectivity index (χ4v) is 3.53. The van der Waals surface area contributed by atoms with Crippen molar-refractivity contribution in [2.45, 2.75) is 33.6 Å². The maximum Gasteiger partial charge on any atom is 0.762 e. The highest BCUT2D eigenvalue weighted by Crippen LogP contribution is 2.43. The van der Waals surface area contributed by atoms with E-state index in [0.717, 1.165) is 45.7 Å². The number of halogens is 4. The van der Waals surface area contributed by atoms with Crippen LogP contribution in [0.4, 0.5) is 12.9 Å². The van der Waals surface area contributed by atoms with Gasteiger partial charge >= 0.3 is 7.54 Å². The first-order chi connectivity index (χ1) is 11.7. The molecule has 0 radical (unpaired) electrons. The van der Waals surface area contributed by atoms with Crippen molar-refractivity contribution in [1.29, 1.82) is 0 Å². The Bertz CT molecular complexity index is 920. The molecule has 0 fully saturated rings. The molecule has 138 valence electrons. The SMILES string of the molecule is Cc1oc2c(c3c4ccccc4[nH+]c1-3)C(=O)CC(C)(C)C2.FB(F)F.[F-]. The molecule has 0 amide bonds. The average molecular weight is 367 g/mol. The number of carbonyl (C=O) groups excluding carboxylic acids is 1. The average Bonchev–Trinajstić information content (AvgIpc) is 2.85. The van der Waals surface area contributed by atoms with E-state index < -0.39 is 7.54 Å². The number of carbonyl (C=O) groups is 1. The number of fused-ring (bicyclic) bond motifs is 5. The topological polar surface area (TPSA) is 44.4 Å². The lowest BCUT2D eigenvalue weighted by Crippen LogP contribution is -3.00. The van der Waals surface area contributed by atoms with Gasteiger partial charge in [0.15, 0.2) is 11.5 Å². The largest absolute Gasteiger partial charge is 1.00 e. The van der Waals surface area contributed by atoms with E-state index in [4.69, 9.17) is 4.42 Å². The maximum atomic E-state index is 12.7. The van der Waals surface area contributed by atoms with Gasteiger partial charge in [-0.05, 0) is 11.5 Å². The summed E-state index contributed by atoms with van der Waals surface area (Å²) in [5.41, 5.74) is 3.79. The lowest BCUT2D eigenvalue weighted by molar-refractivity contribution is -0.329. The quantitative estimate of drug-likeness (QED) is 0.449. The summed E-state index contributed by atoms with van der Waals surface area (Å²) in [6.45, 7) is 6.21. The summed E-state index contributed by atoms with van der Waals surface area (Å²) in [5.74, 6) is 1.89. The standard InChI is InChI=1S/C18H17NO2.BF3.FH/c1-10-17-15(11-6-4-5-7-12(11)19-17)16-13(20)8-18(2,3)9-14(16)21-10;2-1(3)4;/h4-7H,8-9H2,1-3H3;;1H. The van der Waals surface area contributed by atoms with Crippen molar-refractivity contribution in [2.24, 2.45) is 5.41 Å². The lowest BCUT2D eigenvalue weighted by atomic mass is 9.74. The summed E-state index contributed by atoms with van der Waals surface area (Å²) in [4.78, 5) is 16.1. The molecule has 0 spiro atoms. The van der Waals surface area contributed by atoms with Gasteiger partial charge in [0.1, 0.15) is 5.76 Å². The zero-order valence-electron chi connectivity index (χ0n) is 14.6. The van der Waals surface area contributed by atoms with Crippen LogP contribution in [0.5, 0.6) is 0 Å². The molecule has 1 N–H and O–H groups in total. The predicted molar refractivity (Wildman–Crippen MR) is 89.6 cm³/mol. The third-order valence-electron chi connectivity index (χ3n) is 4.42. The Morgan fingerprint density at radius 2 is 1.73 bits per heavy atom. The van der Waals surface area contributed by atoms with Crippen molar-refractivity contribution < 1.29 is 31.8 Å². The van der Waals surface area contributed by atoms with Crippen LogP contribution in [-0.2, 0) is 6.42 Å². The van der Waals surface area contributed by atoms with Gasteiger partial charge in [-0.2, -0.15) is 0 Å². The number of hydrogen-bond donors (Lipinski definition) is 0. The van der Waals surface area contributed by atoms with Crippen molar-refractivity contribution in [3.63, 3.8) is 0 Å². The molecule has 1 aromatic carbocycles. The number of aromatic nitrogens is 1. The molecule has 0 saturated carbocycles. The van der Waals surface area contributed by atoms with Gasteiger partial charge in [-0.25, -0.2) is 4.98 Å². The van der Waals surface area contributed by atoms with Gasteiger partial charge in [0.05, 0.1) is 16.5 Å². The molecule has 3 aliphatic rings. The van der Waals surface area contributed by atoms with Crippen LogP contribution in [0.1, 0.15) is 42.1 Å². The highest BCUT2D eigenvalue weighted by molar-refractivity contribution is 6.33. The van der Waals surface area contributed by atoms with Crippen LogP contribution in [0, 0.1) is 12.3 Å². The van der Waals surface area contributed by atoms with Crippen LogP contribution < -0.4 is 9.69 Å². The molecule has 3 nitrogen and oxygen atoms in total. The normalized spacial score (nSPS) is 15.1. The lowest BCUT2D eigenvalue weighted by Gasteiger charge is -2.29. The second-order valence-electron chi connectivity index (χ2n) is 7.07. The molecule has 8 heteroatoms. The third kappa shape index (κ3) is 3.59. The molecular weight excluding hydrogens is 349 g/mol. The summed E-state index contributed by atoms with van der Waals surface area (Å²) < 4.78 is 35.0. The smallest absolute Gasteiger partial charge is 0.762 e. The van der Waals surface area contributed by atoms with Crippen LogP contribution in [0.3, 0.4) is 0 Å². The number of benzene rings is 1. The number of aryl methyl sites for hydroxylation is 1. The first-order valence-corrected chi connectivity index (χ1v) is 8.01. The highest BCUT2D eigenvalue weighted by atomic mass is 19.4. The molecule has 0 saturated heterocycles. The van der Waals surface area contributed by atoms with Crippen molar-refractivity contribution in [2.75, 3.05) is 0 Å². The summed E-state index contributed by atoms with van der Waals surface area (Å²) >= 11 is 0. The zero-order chi connectivity index (χ0) is 18.4. The molecule has 0 unspecified atom stereocenters. The number of para-hydroxylation sites is 1. The van der Waals surface area contributed by atoms with Crippen molar-refractivity contribution in [1.82, 2.24) is 0 Å². The molecular formula is C18H18BF4NO2. The Morgan fingerprint density at radius 3 is 2.38 bits per heavy atom. The van der Waals surface area contributed by atoms with E-state index in [-0.39, 0.29) is 15.9 Å².